The summed E-state index contributed by atoms with van der Waals surface area (Å²) in [5.74, 6) is 0. The molecular formula is C22H27NO4Si. The third kappa shape index (κ3) is 3.62. The van der Waals surface area contributed by atoms with E-state index < -0.39 is 20.5 Å². The van der Waals surface area contributed by atoms with Crippen molar-refractivity contribution in [1.82, 2.24) is 4.90 Å². The van der Waals surface area contributed by atoms with Crippen molar-refractivity contribution in [3.05, 3.63) is 60.7 Å². The van der Waals surface area contributed by atoms with Gasteiger partial charge in [0.05, 0.1) is 12.1 Å². The third-order valence-electron chi connectivity index (χ3n) is 5.47. The Labute approximate surface area is 167 Å². The topological polar surface area (TPSA) is 66.8 Å². The number of hydrogen-bond acceptors (Lipinski definition) is 3. The minimum absolute atomic E-state index is 0.191. The van der Waals surface area contributed by atoms with Crippen LogP contribution in [0.2, 0.25) is 5.04 Å². The summed E-state index contributed by atoms with van der Waals surface area (Å²) in [6.07, 6.45) is -0.299. The molecule has 148 valence electrons. The lowest BCUT2D eigenvalue weighted by Crippen LogP contribution is -2.67. The molecule has 2 aromatic rings. The number of rotatable bonds is 5. The van der Waals surface area contributed by atoms with Gasteiger partial charge in [-0.3, -0.25) is 4.90 Å². The minimum atomic E-state index is -2.76. The van der Waals surface area contributed by atoms with E-state index in [2.05, 4.69) is 45.0 Å². The lowest BCUT2D eigenvalue weighted by molar-refractivity contribution is -0.111. The van der Waals surface area contributed by atoms with E-state index in [1.807, 2.05) is 36.4 Å². The molecule has 0 bridgehead atoms. The lowest BCUT2D eigenvalue weighted by Gasteiger charge is -2.44. The van der Waals surface area contributed by atoms with Gasteiger partial charge in [0.15, 0.2) is 0 Å². The average molecular weight is 398 g/mol. The van der Waals surface area contributed by atoms with Crippen molar-refractivity contribution in [3.8, 4) is 0 Å². The first-order valence-corrected chi connectivity index (χ1v) is 11.4. The average Bonchev–Trinajstić information content (AvgIpc) is 3.10. The van der Waals surface area contributed by atoms with Gasteiger partial charge in [0, 0.05) is 13.0 Å². The molecule has 0 unspecified atom stereocenters. The summed E-state index contributed by atoms with van der Waals surface area (Å²) in [5, 5.41) is 11.5. The highest BCUT2D eigenvalue weighted by atomic mass is 28.4. The van der Waals surface area contributed by atoms with Gasteiger partial charge in [-0.25, -0.2) is 4.79 Å². The van der Waals surface area contributed by atoms with Crippen LogP contribution in [0, 0.1) is 0 Å². The summed E-state index contributed by atoms with van der Waals surface area (Å²) in [4.78, 5) is 24.2. The first kappa shape index (κ1) is 20.3. The molecule has 0 saturated carbocycles. The van der Waals surface area contributed by atoms with Crippen molar-refractivity contribution >= 4 is 31.1 Å². The molecule has 1 aliphatic rings. The van der Waals surface area contributed by atoms with Crippen molar-refractivity contribution in [2.45, 2.75) is 44.4 Å². The molecular weight excluding hydrogens is 370 g/mol. The Bertz CT molecular complexity index is 780. The van der Waals surface area contributed by atoms with Gasteiger partial charge in [0.1, 0.15) is 6.29 Å². The Morgan fingerprint density at radius 3 is 1.93 bits per heavy atom. The molecule has 1 aliphatic heterocycles. The second kappa shape index (κ2) is 7.89. The zero-order valence-electron chi connectivity index (χ0n) is 16.5. The van der Waals surface area contributed by atoms with Crippen LogP contribution in [0.25, 0.3) is 0 Å². The summed E-state index contributed by atoms with van der Waals surface area (Å²) < 4.78 is 6.92. The number of amides is 1. The molecule has 3 rings (SSSR count). The Hall–Kier alpha value is -2.44. The fourth-order valence-corrected chi connectivity index (χ4v) is 8.89. The van der Waals surface area contributed by atoms with Crippen molar-refractivity contribution < 1.29 is 19.1 Å². The third-order valence-corrected chi connectivity index (χ3v) is 10.6. The first-order chi connectivity index (χ1) is 13.3. The molecule has 1 amide bonds. The normalized spacial score (nSPS) is 20.2. The van der Waals surface area contributed by atoms with Crippen LogP contribution in [0.5, 0.6) is 0 Å². The van der Waals surface area contributed by atoms with Gasteiger partial charge in [-0.2, -0.15) is 0 Å². The second-order valence-electron chi connectivity index (χ2n) is 8.28. The number of hydrogen-bond donors (Lipinski definition) is 1. The molecule has 1 heterocycles. The van der Waals surface area contributed by atoms with E-state index in [0.717, 1.165) is 10.4 Å². The Kier molecular flexibility index (Phi) is 5.72. The van der Waals surface area contributed by atoms with Crippen LogP contribution in [0.15, 0.2) is 60.7 Å². The van der Waals surface area contributed by atoms with Crippen molar-refractivity contribution in [2.75, 3.05) is 6.54 Å². The number of nitrogens with zero attached hydrogens (tertiary/aromatic N) is 1. The van der Waals surface area contributed by atoms with E-state index in [1.165, 1.54) is 4.90 Å². The molecule has 0 aromatic heterocycles. The van der Waals surface area contributed by atoms with Crippen LogP contribution in [0.4, 0.5) is 4.79 Å². The van der Waals surface area contributed by atoms with Gasteiger partial charge >= 0.3 is 6.09 Å². The predicted molar refractivity (Wildman–Crippen MR) is 112 cm³/mol. The largest absolute Gasteiger partial charge is 0.465 e. The fraction of sp³-hybridized carbons (Fsp3) is 0.364. The Morgan fingerprint density at radius 2 is 1.57 bits per heavy atom. The van der Waals surface area contributed by atoms with Crippen LogP contribution < -0.4 is 10.4 Å². The molecule has 2 atom stereocenters. The Balaban J connectivity index is 2.10. The van der Waals surface area contributed by atoms with Crippen molar-refractivity contribution in [1.29, 1.82) is 0 Å². The molecule has 0 aliphatic carbocycles. The zero-order valence-corrected chi connectivity index (χ0v) is 17.5. The van der Waals surface area contributed by atoms with Crippen LogP contribution in [-0.4, -0.2) is 49.4 Å². The highest BCUT2D eigenvalue weighted by Gasteiger charge is 2.53. The lowest BCUT2D eigenvalue weighted by atomic mass is 10.2. The number of benzene rings is 2. The summed E-state index contributed by atoms with van der Waals surface area (Å²) in [6, 6.07) is 19.8. The zero-order chi connectivity index (χ0) is 20.4. The highest BCUT2D eigenvalue weighted by molar-refractivity contribution is 6.99. The van der Waals surface area contributed by atoms with E-state index in [1.54, 1.807) is 0 Å². The van der Waals surface area contributed by atoms with Crippen LogP contribution in [0.3, 0.4) is 0 Å². The van der Waals surface area contributed by atoms with E-state index in [4.69, 9.17) is 4.43 Å². The van der Waals surface area contributed by atoms with Crippen LogP contribution >= 0.6 is 0 Å². The molecule has 1 fully saturated rings. The molecule has 0 spiro atoms. The van der Waals surface area contributed by atoms with Gasteiger partial charge in [-0.05, 0) is 15.4 Å². The number of aldehydes is 1. The minimum Gasteiger partial charge on any atom is -0.465 e. The van der Waals surface area contributed by atoms with Crippen LogP contribution in [-0.2, 0) is 9.22 Å². The molecule has 6 heteroatoms. The number of carbonyl (C=O) groups excluding carboxylic acids is 1. The molecule has 28 heavy (non-hydrogen) atoms. The number of likely N-dealkylation sites (tertiary alicyclic amines) is 1. The van der Waals surface area contributed by atoms with Gasteiger partial charge in [-0.1, -0.05) is 81.4 Å². The van der Waals surface area contributed by atoms with Gasteiger partial charge < -0.3 is 14.3 Å². The van der Waals surface area contributed by atoms with Gasteiger partial charge in [0.2, 0.25) is 0 Å². The van der Waals surface area contributed by atoms with E-state index >= 15 is 0 Å². The second-order valence-corrected chi connectivity index (χ2v) is 12.5. The predicted octanol–water partition coefficient (Wildman–Crippen LogP) is 2.88. The summed E-state index contributed by atoms with van der Waals surface area (Å²) >= 11 is 0. The SMILES string of the molecule is CC(C)(C)[Si](O[C@@H]1C[C@@H](C=O)N(C(=O)O)C1)(c1ccccc1)c1ccccc1. The van der Waals surface area contributed by atoms with E-state index in [-0.39, 0.29) is 17.7 Å². The smallest absolute Gasteiger partial charge is 0.407 e. The molecule has 5 nitrogen and oxygen atoms in total. The monoisotopic (exact) mass is 397 g/mol. The quantitative estimate of drug-likeness (QED) is 0.622. The maximum Gasteiger partial charge on any atom is 0.407 e. The molecule has 0 radical (unpaired) electrons. The van der Waals surface area contributed by atoms with E-state index in [9.17, 15) is 14.7 Å². The molecule has 1 saturated heterocycles. The maximum absolute atomic E-state index is 11.5. The highest BCUT2D eigenvalue weighted by Crippen LogP contribution is 2.38. The standard InChI is InChI=1S/C22H27NO4Si/c1-22(2,3)28(19-10-6-4-7-11-19,20-12-8-5-9-13-20)27-18-14-17(16-24)23(15-18)21(25)26/h4-13,16-18H,14-15H2,1-3H3,(H,25,26)/t17-,18+/m0/s1. The summed E-state index contributed by atoms with van der Waals surface area (Å²) in [7, 11) is -2.76. The molecule has 2 aromatic carbocycles. The van der Waals surface area contributed by atoms with Crippen LogP contribution in [0.1, 0.15) is 27.2 Å². The number of carbonyl (C=O) groups is 2. The summed E-state index contributed by atoms with van der Waals surface area (Å²) in [6.45, 7) is 6.75. The van der Waals surface area contributed by atoms with E-state index in [0.29, 0.717) is 12.7 Å². The maximum atomic E-state index is 11.5. The van der Waals surface area contributed by atoms with Crippen molar-refractivity contribution in [3.63, 3.8) is 0 Å². The van der Waals surface area contributed by atoms with Crippen molar-refractivity contribution in [2.24, 2.45) is 0 Å². The fourth-order valence-electron chi connectivity index (χ4n) is 4.20. The Morgan fingerprint density at radius 1 is 1.07 bits per heavy atom. The van der Waals surface area contributed by atoms with Gasteiger partial charge in [0.25, 0.3) is 8.32 Å². The van der Waals surface area contributed by atoms with Gasteiger partial charge in [-0.15, -0.1) is 0 Å². The summed E-state index contributed by atoms with van der Waals surface area (Å²) in [5.41, 5.74) is 0. The molecule has 1 N–H and O–H groups in total. The first-order valence-electron chi connectivity index (χ1n) is 9.53. The number of carboxylic acid groups (broad SMARTS) is 1.